The SMILES string of the molecule is CCCOc1ccc(S(=O)(=O)Nc2cccc3cccnc23)cc1. The second-order valence-corrected chi connectivity index (χ2v) is 6.99. The molecule has 3 aromatic rings. The Morgan fingerprint density at radius 3 is 2.54 bits per heavy atom. The van der Waals surface area contributed by atoms with Crippen LogP contribution in [0.2, 0.25) is 0 Å². The van der Waals surface area contributed by atoms with Gasteiger partial charge >= 0.3 is 0 Å². The van der Waals surface area contributed by atoms with E-state index >= 15 is 0 Å². The molecule has 1 N–H and O–H groups in total. The van der Waals surface area contributed by atoms with Crippen LogP contribution in [-0.2, 0) is 10.0 Å². The number of sulfonamides is 1. The van der Waals surface area contributed by atoms with Gasteiger partial charge in [0.15, 0.2) is 0 Å². The molecule has 124 valence electrons. The van der Waals surface area contributed by atoms with Crippen LogP contribution in [-0.4, -0.2) is 20.0 Å². The summed E-state index contributed by atoms with van der Waals surface area (Å²) in [5.41, 5.74) is 1.07. The van der Waals surface area contributed by atoms with Gasteiger partial charge in [-0.05, 0) is 42.8 Å². The first kappa shape index (κ1) is 16.3. The van der Waals surface area contributed by atoms with Gasteiger partial charge in [0.05, 0.1) is 22.7 Å². The van der Waals surface area contributed by atoms with Crippen molar-refractivity contribution in [1.82, 2.24) is 4.98 Å². The summed E-state index contributed by atoms with van der Waals surface area (Å²) in [5, 5.41) is 0.876. The fraction of sp³-hybridized carbons (Fsp3) is 0.167. The van der Waals surface area contributed by atoms with Crippen molar-refractivity contribution in [3.05, 3.63) is 60.8 Å². The van der Waals surface area contributed by atoms with E-state index in [4.69, 9.17) is 4.74 Å². The molecule has 0 amide bonds. The maximum absolute atomic E-state index is 12.6. The van der Waals surface area contributed by atoms with Crippen molar-refractivity contribution in [3.63, 3.8) is 0 Å². The molecule has 0 fully saturated rings. The molecule has 0 aliphatic heterocycles. The van der Waals surface area contributed by atoms with Crippen LogP contribution >= 0.6 is 0 Å². The Morgan fingerprint density at radius 1 is 1.04 bits per heavy atom. The van der Waals surface area contributed by atoms with Crippen molar-refractivity contribution < 1.29 is 13.2 Å². The van der Waals surface area contributed by atoms with Crippen molar-refractivity contribution in [3.8, 4) is 5.75 Å². The molecule has 0 spiro atoms. The summed E-state index contributed by atoms with van der Waals surface area (Å²) >= 11 is 0. The first-order valence-corrected chi connectivity index (χ1v) is 9.18. The van der Waals surface area contributed by atoms with E-state index in [1.165, 1.54) is 12.1 Å². The van der Waals surface area contributed by atoms with Gasteiger partial charge in [-0.15, -0.1) is 0 Å². The lowest BCUT2D eigenvalue weighted by Crippen LogP contribution is -2.13. The molecule has 0 aliphatic carbocycles. The average Bonchev–Trinajstić information content (AvgIpc) is 2.60. The molecule has 0 radical (unpaired) electrons. The Bertz CT molecular complexity index is 933. The number of pyridine rings is 1. The Hall–Kier alpha value is -2.60. The normalized spacial score (nSPS) is 11.4. The Balaban J connectivity index is 1.88. The number of ether oxygens (including phenoxy) is 1. The molecular weight excluding hydrogens is 324 g/mol. The highest BCUT2D eigenvalue weighted by atomic mass is 32.2. The van der Waals surface area contributed by atoms with Crippen LogP contribution in [0.3, 0.4) is 0 Å². The first-order valence-electron chi connectivity index (χ1n) is 7.69. The Kier molecular flexibility index (Phi) is 4.66. The summed E-state index contributed by atoms with van der Waals surface area (Å²) in [5.74, 6) is 0.655. The summed E-state index contributed by atoms with van der Waals surface area (Å²) in [6, 6.07) is 15.5. The molecule has 0 saturated carbocycles. The van der Waals surface area contributed by atoms with Crippen molar-refractivity contribution in [1.29, 1.82) is 0 Å². The minimum atomic E-state index is -3.69. The quantitative estimate of drug-likeness (QED) is 0.739. The van der Waals surface area contributed by atoms with Gasteiger partial charge < -0.3 is 4.74 Å². The number of rotatable bonds is 6. The number of anilines is 1. The smallest absolute Gasteiger partial charge is 0.261 e. The van der Waals surface area contributed by atoms with Crippen molar-refractivity contribution >= 4 is 26.6 Å². The predicted molar refractivity (Wildman–Crippen MR) is 94.8 cm³/mol. The molecule has 1 heterocycles. The highest BCUT2D eigenvalue weighted by molar-refractivity contribution is 7.92. The third-order valence-corrected chi connectivity index (χ3v) is 4.87. The van der Waals surface area contributed by atoms with Gasteiger partial charge in [0.1, 0.15) is 5.75 Å². The number of nitrogens with one attached hydrogen (secondary N) is 1. The van der Waals surface area contributed by atoms with Crippen molar-refractivity contribution in [2.75, 3.05) is 11.3 Å². The second-order valence-electron chi connectivity index (χ2n) is 5.31. The molecule has 1 aromatic heterocycles. The highest BCUT2D eigenvalue weighted by Gasteiger charge is 2.16. The summed E-state index contributed by atoms with van der Waals surface area (Å²) in [4.78, 5) is 4.44. The second kappa shape index (κ2) is 6.88. The molecule has 0 aliphatic rings. The summed E-state index contributed by atoms with van der Waals surface area (Å²) in [7, 11) is -3.69. The number of fused-ring (bicyclic) bond motifs is 1. The van der Waals surface area contributed by atoms with Gasteiger partial charge in [-0.1, -0.05) is 25.1 Å². The largest absolute Gasteiger partial charge is 0.494 e. The summed E-state index contributed by atoms with van der Waals surface area (Å²) < 4.78 is 33.3. The van der Waals surface area contributed by atoms with E-state index in [-0.39, 0.29) is 4.90 Å². The van der Waals surface area contributed by atoms with Gasteiger partial charge in [0, 0.05) is 11.6 Å². The molecule has 5 nitrogen and oxygen atoms in total. The third kappa shape index (κ3) is 3.49. The lowest BCUT2D eigenvalue weighted by molar-refractivity contribution is 0.317. The summed E-state index contributed by atoms with van der Waals surface area (Å²) in [6.07, 6.45) is 2.54. The number of para-hydroxylation sites is 1. The highest BCUT2D eigenvalue weighted by Crippen LogP contribution is 2.24. The fourth-order valence-corrected chi connectivity index (χ4v) is 3.39. The lowest BCUT2D eigenvalue weighted by Gasteiger charge is -2.11. The molecule has 2 aromatic carbocycles. The molecule has 24 heavy (non-hydrogen) atoms. The van der Waals surface area contributed by atoms with E-state index in [1.54, 1.807) is 30.5 Å². The zero-order valence-electron chi connectivity index (χ0n) is 13.3. The minimum Gasteiger partial charge on any atom is -0.494 e. The van der Waals surface area contributed by atoms with Crippen LogP contribution in [0.15, 0.2) is 65.7 Å². The minimum absolute atomic E-state index is 0.180. The zero-order chi connectivity index (χ0) is 17.0. The number of hydrogen-bond acceptors (Lipinski definition) is 4. The van der Waals surface area contributed by atoms with Crippen LogP contribution in [0.5, 0.6) is 5.75 Å². The zero-order valence-corrected chi connectivity index (χ0v) is 14.1. The monoisotopic (exact) mass is 342 g/mol. The molecule has 0 saturated heterocycles. The Labute approximate surface area is 141 Å². The van der Waals surface area contributed by atoms with Gasteiger partial charge in [-0.2, -0.15) is 0 Å². The van der Waals surface area contributed by atoms with Crippen LogP contribution in [0.25, 0.3) is 10.9 Å². The van der Waals surface area contributed by atoms with Gasteiger partial charge in [-0.3, -0.25) is 9.71 Å². The molecular formula is C18H18N2O3S. The van der Waals surface area contributed by atoms with Crippen molar-refractivity contribution in [2.45, 2.75) is 18.2 Å². The number of benzene rings is 2. The van der Waals surface area contributed by atoms with E-state index in [0.717, 1.165) is 11.8 Å². The molecule has 0 bridgehead atoms. The molecule has 6 heteroatoms. The number of hydrogen-bond donors (Lipinski definition) is 1. The fourth-order valence-electron chi connectivity index (χ4n) is 2.33. The van der Waals surface area contributed by atoms with Crippen molar-refractivity contribution in [2.24, 2.45) is 0 Å². The Morgan fingerprint density at radius 2 is 1.79 bits per heavy atom. The predicted octanol–water partition coefficient (Wildman–Crippen LogP) is 3.82. The molecule has 0 atom stereocenters. The van der Waals surface area contributed by atoms with E-state index in [2.05, 4.69) is 9.71 Å². The number of nitrogens with zero attached hydrogens (tertiary/aromatic N) is 1. The van der Waals surface area contributed by atoms with Crippen LogP contribution in [0.4, 0.5) is 5.69 Å². The maximum Gasteiger partial charge on any atom is 0.261 e. The number of aromatic nitrogens is 1. The van der Waals surface area contributed by atoms with E-state index < -0.39 is 10.0 Å². The maximum atomic E-state index is 12.6. The van der Waals surface area contributed by atoms with E-state index in [9.17, 15) is 8.42 Å². The summed E-state index contributed by atoms with van der Waals surface area (Å²) in [6.45, 7) is 2.62. The van der Waals surface area contributed by atoms with Gasteiger partial charge in [0.2, 0.25) is 0 Å². The topological polar surface area (TPSA) is 68.3 Å². The van der Waals surface area contributed by atoms with Crippen LogP contribution < -0.4 is 9.46 Å². The lowest BCUT2D eigenvalue weighted by atomic mass is 10.2. The van der Waals surface area contributed by atoms with Gasteiger partial charge in [0.25, 0.3) is 10.0 Å². The third-order valence-electron chi connectivity index (χ3n) is 3.48. The van der Waals surface area contributed by atoms with Gasteiger partial charge in [-0.25, -0.2) is 8.42 Å². The van der Waals surface area contributed by atoms with Crippen LogP contribution in [0.1, 0.15) is 13.3 Å². The molecule has 0 unspecified atom stereocenters. The average molecular weight is 342 g/mol. The standard InChI is InChI=1S/C18H18N2O3S/c1-2-13-23-15-8-10-16(11-9-15)24(21,22)20-17-7-3-5-14-6-4-12-19-18(14)17/h3-12,20H,2,13H2,1H3. The van der Waals surface area contributed by atoms with E-state index in [0.29, 0.717) is 23.6 Å². The van der Waals surface area contributed by atoms with E-state index in [1.807, 2.05) is 25.1 Å². The molecule has 3 rings (SSSR count). The first-order chi connectivity index (χ1) is 11.6. The van der Waals surface area contributed by atoms with Crippen LogP contribution in [0, 0.1) is 0 Å².